The van der Waals surface area contributed by atoms with Crippen LogP contribution >= 0.6 is 22.6 Å². The van der Waals surface area contributed by atoms with Gasteiger partial charge in [-0.3, -0.25) is 4.79 Å². The third kappa shape index (κ3) is 3.39. The van der Waals surface area contributed by atoms with E-state index in [0.717, 1.165) is 23.4 Å². The van der Waals surface area contributed by atoms with E-state index in [0.29, 0.717) is 9.39 Å². The number of hydrogen-bond acceptors (Lipinski definition) is 3. The number of aromatic nitrogens is 2. The molecular formula is C15H17IN2O2. The molecule has 1 aromatic carbocycles. The molecule has 0 atom stereocenters. The van der Waals surface area contributed by atoms with Gasteiger partial charge in [0.05, 0.1) is 15.4 Å². The number of rotatable bonds is 4. The van der Waals surface area contributed by atoms with Crippen LogP contribution in [0.15, 0.2) is 29.1 Å². The maximum absolute atomic E-state index is 11.9. The normalized spacial score (nSPS) is 10.8. The lowest BCUT2D eigenvalue weighted by Crippen LogP contribution is -2.16. The maximum atomic E-state index is 11.9. The first-order valence-electron chi connectivity index (χ1n) is 6.57. The van der Waals surface area contributed by atoms with Gasteiger partial charge in [0.2, 0.25) is 0 Å². The molecule has 2 aromatic rings. The maximum Gasteiger partial charge on any atom is 0.264 e. The van der Waals surface area contributed by atoms with E-state index < -0.39 is 0 Å². The molecule has 0 aliphatic carbocycles. The summed E-state index contributed by atoms with van der Waals surface area (Å²) in [6, 6.07) is 7.59. The quantitative estimate of drug-likeness (QED) is 0.823. The van der Waals surface area contributed by atoms with Gasteiger partial charge in [-0.1, -0.05) is 6.92 Å². The van der Waals surface area contributed by atoms with Crippen molar-refractivity contribution in [2.45, 2.75) is 33.3 Å². The van der Waals surface area contributed by atoms with Crippen LogP contribution in [0.5, 0.6) is 5.75 Å². The highest BCUT2D eigenvalue weighted by Crippen LogP contribution is 2.20. The van der Waals surface area contributed by atoms with E-state index >= 15 is 0 Å². The minimum absolute atomic E-state index is 0.0880. The Balaban J connectivity index is 2.37. The molecule has 0 fully saturated rings. The van der Waals surface area contributed by atoms with E-state index in [1.165, 1.54) is 0 Å². The lowest BCUT2D eigenvalue weighted by molar-refractivity contribution is 0.242. The molecule has 0 amide bonds. The van der Waals surface area contributed by atoms with Crippen molar-refractivity contribution in [2.75, 3.05) is 0 Å². The molecule has 0 saturated carbocycles. The largest absolute Gasteiger partial charge is 0.491 e. The van der Waals surface area contributed by atoms with E-state index in [9.17, 15) is 4.79 Å². The van der Waals surface area contributed by atoms with Gasteiger partial charge in [-0.15, -0.1) is 0 Å². The van der Waals surface area contributed by atoms with Gasteiger partial charge >= 0.3 is 0 Å². The molecule has 0 radical (unpaired) electrons. The Hall–Kier alpha value is -1.37. The number of hydrogen-bond donors (Lipinski definition) is 1. The molecule has 0 bridgehead atoms. The number of halogens is 1. The highest BCUT2D eigenvalue weighted by molar-refractivity contribution is 14.1. The highest BCUT2D eigenvalue weighted by atomic mass is 127. The van der Waals surface area contributed by atoms with E-state index in [-0.39, 0.29) is 11.7 Å². The zero-order valence-corrected chi connectivity index (χ0v) is 13.9. The Morgan fingerprint density at radius 1 is 1.30 bits per heavy atom. The fraction of sp³-hybridized carbons (Fsp3) is 0.333. The van der Waals surface area contributed by atoms with Gasteiger partial charge in [0.15, 0.2) is 0 Å². The van der Waals surface area contributed by atoms with Crippen LogP contribution < -0.4 is 10.3 Å². The number of ether oxygens (including phenoxy) is 1. The Labute approximate surface area is 131 Å². The second kappa shape index (κ2) is 6.39. The number of H-pyrrole nitrogens is 1. The first-order chi connectivity index (χ1) is 9.51. The van der Waals surface area contributed by atoms with Gasteiger partial charge in [0.1, 0.15) is 11.6 Å². The lowest BCUT2D eigenvalue weighted by Gasteiger charge is -2.10. The molecule has 1 N–H and O–H groups in total. The molecule has 2 rings (SSSR count). The number of aryl methyl sites for hydroxylation is 1. The molecule has 5 heteroatoms. The number of aromatic amines is 1. The third-order valence-electron chi connectivity index (χ3n) is 2.77. The minimum Gasteiger partial charge on any atom is -0.491 e. The van der Waals surface area contributed by atoms with Crippen molar-refractivity contribution in [3.05, 3.63) is 43.9 Å². The number of nitrogens with zero attached hydrogens (tertiary/aromatic N) is 1. The predicted octanol–water partition coefficient (Wildman–Crippen LogP) is 3.39. The van der Waals surface area contributed by atoms with Crippen molar-refractivity contribution in [2.24, 2.45) is 0 Å². The molecule has 0 saturated heterocycles. The van der Waals surface area contributed by atoms with E-state index in [1.54, 1.807) is 0 Å². The Morgan fingerprint density at radius 2 is 1.95 bits per heavy atom. The predicted molar refractivity (Wildman–Crippen MR) is 88.2 cm³/mol. The molecule has 106 valence electrons. The molecule has 0 spiro atoms. The molecular weight excluding hydrogens is 367 g/mol. The second-order valence-corrected chi connectivity index (χ2v) is 5.80. The van der Waals surface area contributed by atoms with Crippen molar-refractivity contribution in [3.63, 3.8) is 0 Å². The van der Waals surface area contributed by atoms with Crippen molar-refractivity contribution in [1.29, 1.82) is 0 Å². The van der Waals surface area contributed by atoms with Crippen LogP contribution in [0.4, 0.5) is 0 Å². The van der Waals surface area contributed by atoms with Crippen LogP contribution in [-0.4, -0.2) is 16.1 Å². The van der Waals surface area contributed by atoms with E-state index in [2.05, 4.69) is 9.97 Å². The fourth-order valence-electron chi connectivity index (χ4n) is 1.84. The number of nitrogens with one attached hydrogen (secondary N) is 1. The average molecular weight is 384 g/mol. The van der Waals surface area contributed by atoms with Crippen LogP contribution in [0.25, 0.3) is 11.4 Å². The van der Waals surface area contributed by atoms with E-state index in [1.807, 2.05) is 67.6 Å². The Kier molecular flexibility index (Phi) is 4.80. The first kappa shape index (κ1) is 15.0. The van der Waals surface area contributed by atoms with Crippen LogP contribution in [0.3, 0.4) is 0 Å². The van der Waals surface area contributed by atoms with Crippen molar-refractivity contribution in [1.82, 2.24) is 9.97 Å². The standard InChI is InChI=1S/C15H17IN2O2/c1-4-12-13(16)15(19)18-14(17-12)10-5-7-11(8-6-10)20-9(2)3/h5-9H,4H2,1-3H3,(H,17,18,19). The lowest BCUT2D eigenvalue weighted by atomic mass is 10.2. The highest BCUT2D eigenvalue weighted by Gasteiger charge is 2.09. The molecule has 4 nitrogen and oxygen atoms in total. The first-order valence-corrected chi connectivity index (χ1v) is 7.65. The molecule has 0 unspecified atom stereocenters. The summed E-state index contributed by atoms with van der Waals surface area (Å²) >= 11 is 2.03. The van der Waals surface area contributed by atoms with E-state index in [4.69, 9.17) is 4.74 Å². The van der Waals surface area contributed by atoms with Crippen LogP contribution in [0, 0.1) is 3.57 Å². The summed E-state index contributed by atoms with van der Waals surface area (Å²) in [6.07, 6.45) is 0.882. The van der Waals surface area contributed by atoms with Crippen LogP contribution in [-0.2, 0) is 6.42 Å². The Bertz CT molecular complexity index is 648. The summed E-state index contributed by atoms with van der Waals surface area (Å²) in [4.78, 5) is 19.2. The van der Waals surface area contributed by atoms with Crippen LogP contribution in [0.2, 0.25) is 0 Å². The van der Waals surface area contributed by atoms with Crippen molar-refractivity contribution in [3.8, 4) is 17.1 Å². The number of benzene rings is 1. The molecule has 1 heterocycles. The Morgan fingerprint density at radius 3 is 2.50 bits per heavy atom. The summed E-state index contributed by atoms with van der Waals surface area (Å²) < 4.78 is 6.26. The van der Waals surface area contributed by atoms with Crippen molar-refractivity contribution < 1.29 is 4.74 Å². The average Bonchev–Trinajstić information content (AvgIpc) is 2.42. The molecule has 0 aliphatic rings. The summed E-state index contributed by atoms with van der Waals surface area (Å²) in [7, 11) is 0. The third-order valence-corrected chi connectivity index (χ3v) is 3.88. The van der Waals surface area contributed by atoms with Gasteiger partial charge < -0.3 is 9.72 Å². The second-order valence-electron chi connectivity index (χ2n) is 4.72. The zero-order valence-electron chi connectivity index (χ0n) is 11.7. The van der Waals surface area contributed by atoms with Gasteiger partial charge in [0.25, 0.3) is 5.56 Å². The van der Waals surface area contributed by atoms with Crippen LogP contribution in [0.1, 0.15) is 26.5 Å². The SMILES string of the molecule is CCc1nc(-c2ccc(OC(C)C)cc2)[nH]c(=O)c1I. The van der Waals surface area contributed by atoms with Crippen molar-refractivity contribution >= 4 is 22.6 Å². The summed E-state index contributed by atoms with van der Waals surface area (Å²) in [5.41, 5.74) is 1.62. The van der Waals surface area contributed by atoms with Gasteiger partial charge in [-0.2, -0.15) is 0 Å². The summed E-state index contributed by atoms with van der Waals surface area (Å²) in [6.45, 7) is 5.96. The van der Waals surface area contributed by atoms with Gasteiger partial charge in [0, 0.05) is 5.56 Å². The zero-order chi connectivity index (χ0) is 14.7. The molecule has 20 heavy (non-hydrogen) atoms. The molecule has 0 aliphatic heterocycles. The van der Waals surface area contributed by atoms with Gasteiger partial charge in [-0.05, 0) is 67.1 Å². The monoisotopic (exact) mass is 384 g/mol. The summed E-state index contributed by atoms with van der Waals surface area (Å²) in [5, 5.41) is 0. The summed E-state index contributed by atoms with van der Waals surface area (Å²) in [5.74, 6) is 1.41. The smallest absolute Gasteiger partial charge is 0.264 e. The molecule has 1 aromatic heterocycles. The topological polar surface area (TPSA) is 55.0 Å². The fourth-order valence-corrected chi connectivity index (χ4v) is 2.48. The van der Waals surface area contributed by atoms with Gasteiger partial charge in [-0.25, -0.2) is 4.98 Å². The minimum atomic E-state index is -0.0880.